The van der Waals surface area contributed by atoms with Gasteiger partial charge in [0.1, 0.15) is 17.1 Å². The van der Waals surface area contributed by atoms with Crippen molar-refractivity contribution in [2.24, 2.45) is 0 Å². The number of benzene rings is 1. The van der Waals surface area contributed by atoms with Crippen LogP contribution in [0.3, 0.4) is 0 Å². The highest BCUT2D eigenvalue weighted by Crippen LogP contribution is 2.30. The maximum absolute atomic E-state index is 12.7. The summed E-state index contributed by atoms with van der Waals surface area (Å²) < 4.78 is 26.4. The number of nitrogens with zero attached hydrogens (tertiary/aromatic N) is 1. The Balaban J connectivity index is 2.12. The second kappa shape index (κ2) is 12.2. The lowest BCUT2D eigenvalue weighted by atomic mass is 10.1. The van der Waals surface area contributed by atoms with Crippen molar-refractivity contribution in [3.63, 3.8) is 0 Å². The Labute approximate surface area is 181 Å². The van der Waals surface area contributed by atoms with Crippen molar-refractivity contribution in [2.45, 2.75) is 19.8 Å². The second-order valence-corrected chi connectivity index (χ2v) is 6.25. The summed E-state index contributed by atoms with van der Waals surface area (Å²) in [7, 11) is 4.49. The molecule has 0 radical (unpaired) electrons. The molecule has 166 valence electrons. The topological polar surface area (TPSA) is 93.2 Å². The van der Waals surface area contributed by atoms with Crippen LogP contribution in [0.4, 0.5) is 0 Å². The predicted octanol–water partition coefficient (Wildman–Crippen LogP) is 3.73. The van der Waals surface area contributed by atoms with Crippen LogP contribution in [0.2, 0.25) is 0 Å². The molecule has 1 aromatic carbocycles. The number of ketones is 1. The third-order valence-corrected chi connectivity index (χ3v) is 4.24. The molecule has 0 atom stereocenters. The van der Waals surface area contributed by atoms with Crippen LogP contribution in [0.1, 0.15) is 35.8 Å². The molecule has 0 spiro atoms. The molecule has 2 aromatic rings. The van der Waals surface area contributed by atoms with Gasteiger partial charge in [-0.1, -0.05) is 6.07 Å². The van der Waals surface area contributed by atoms with E-state index in [1.54, 1.807) is 37.3 Å². The fourth-order valence-electron chi connectivity index (χ4n) is 2.77. The molecular weight excluding hydrogens is 402 g/mol. The Bertz CT molecular complexity index is 902. The highest BCUT2D eigenvalue weighted by atomic mass is 16.5. The summed E-state index contributed by atoms with van der Waals surface area (Å²) in [6, 6.07) is 6.79. The van der Waals surface area contributed by atoms with Crippen LogP contribution in [0, 0.1) is 0 Å². The summed E-state index contributed by atoms with van der Waals surface area (Å²) in [5.41, 5.74) is 0.830. The lowest BCUT2D eigenvalue weighted by Crippen LogP contribution is -2.07. The Kier molecular flexibility index (Phi) is 9.35. The van der Waals surface area contributed by atoms with Crippen molar-refractivity contribution >= 4 is 17.8 Å². The van der Waals surface area contributed by atoms with E-state index in [1.807, 2.05) is 0 Å². The number of carbonyl (C=O) groups excluding carboxylic acids is 2. The van der Waals surface area contributed by atoms with Crippen molar-refractivity contribution in [3.05, 3.63) is 47.8 Å². The Morgan fingerprint density at radius 1 is 1.00 bits per heavy atom. The average Bonchev–Trinajstić information content (AvgIpc) is 2.79. The van der Waals surface area contributed by atoms with Gasteiger partial charge in [-0.3, -0.25) is 14.6 Å². The molecule has 0 saturated carbocycles. The largest absolute Gasteiger partial charge is 0.496 e. The van der Waals surface area contributed by atoms with E-state index in [4.69, 9.17) is 23.7 Å². The smallest absolute Gasteiger partial charge is 0.305 e. The quantitative estimate of drug-likeness (QED) is 0.218. The normalized spacial score (nSPS) is 10.6. The van der Waals surface area contributed by atoms with Crippen LogP contribution < -0.4 is 18.9 Å². The molecule has 8 nitrogen and oxygen atoms in total. The van der Waals surface area contributed by atoms with Gasteiger partial charge in [-0.25, -0.2) is 0 Å². The molecule has 0 aliphatic carbocycles. The summed E-state index contributed by atoms with van der Waals surface area (Å²) in [4.78, 5) is 28.4. The standard InChI is InChI=1S/C23H27NO7/c1-5-30-22(26)10-7-13-31-20-14-16(24-15-21(20)29-4)11-12-17(25)23-18(27-2)8-6-9-19(23)28-3/h6,8-9,11-12,14-15H,5,7,10,13H2,1-4H3. The molecule has 8 heteroatoms. The summed E-state index contributed by atoms with van der Waals surface area (Å²) >= 11 is 0. The van der Waals surface area contributed by atoms with Crippen LogP contribution in [0.25, 0.3) is 6.08 Å². The van der Waals surface area contributed by atoms with E-state index in [0.717, 1.165) is 0 Å². The zero-order valence-electron chi connectivity index (χ0n) is 18.2. The molecule has 2 rings (SSSR count). The van der Waals surface area contributed by atoms with Crippen LogP contribution in [-0.4, -0.2) is 51.3 Å². The number of carbonyl (C=O) groups is 2. The molecule has 31 heavy (non-hydrogen) atoms. The van der Waals surface area contributed by atoms with Crippen molar-refractivity contribution < 1.29 is 33.3 Å². The van der Waals surface area contributed by atoms with Gasteiger partial charge in [0.15, 0.2) is 17.3 Å². The van der Waals surface area contributed by atoms with Crippen molar-refractivity contribution in [1.82, 2.24) is 4.98 Å². The number of esters is 1. The van der Waals surface area contributed by atoms with Gasteiger partial charge in [0.25, 0.3) is 0 Å². The molecule has 0 bridgehead atoms. The lowest BCUT2D eigenvalue weighted by molar-refractivity contribution is -0.143. The first-order valence-corrected chi connectivity index (χ1v) is 9.79. The molecule has 1 heterocycles. The fraction of sp³-hybridized carbons (Fsp3) is 0.348. The van der Waals surface area contributed by atoms with Crippen molar-refractivity contribution in [1.29, 1.82) is 0 Å². The third-order valence-electron chi connectivity index (χ3n) is 4.24. The zero-order valence-corrected chi connectivity index (χ0v) is 18.2. The number of rotatable bonds is 12. The minimum Gasteiger partial charge on any atom is -0.496 e. The average molecular weight is 429 g/mol. The minimum atomic E-state index is -0.288. The van der Waals surface area contributed by atoms with Crippen LogP contribution >= 0.6 is 0 Å². The number of hydrogen-bond acceptors (Lipinski definition) is 8. The van der Waals surface area contributed by atoms with Crippen molar-refractivity contribution in [2.75, 3.05) is 34.5 Å². The number of aromatic nitrogens is 1. The lowest BCUT2D eigenvalue weighted by Gasteiger charge is -2.11. The Morgan fingerprint density at radius 3 is 2.29 bits per heavy atom. The van der Waals surface area contributed by atoms with Gasteiger partial charge in [-0.05, 0) is 37.6 Å². The highest BCUT2D eigenvalue weighted by molar-refractivity contribution is 6.10. The maximum atomic E-state index is 12.7. The van der Waals surface area contributed by atoms with E-state index >= 15 is 0 Å². The number of pyridine rings is 1. The first-order chi connectivity index (χ1) is 15.0. The van der Waals surface area contributed by atoms with Gasteiger partial charge in [-0.2, -0.15) is 0 Å². The van der Waals surface area contributed by atoms with Gasteiger partial charge in [0.05, 0.1) is 46.4 Å². The SMILES string of the molecule is CCOC(=O)CCCOc1cc(C=CC(=O)c2c(OC)cccc2OC)ncc1OC. The van der Waals surface area contributed by atoms with Gasteiger partial charge < -0.3 is 23.7 Å². The molecule has 0 unspecified atom stereocenters. The second-order valence-electron chi connectivity index (χ2n) is 6.25. The Hall–Kier alpha value is -3.55. The summed E-state index contributed by atoms with van der Waals surface area (Å²) in [6.45, 7) is 2.42. The van der Waals surface area contributed by atoms with E-state index in [1.165, 1.54) is 33.6 Å². The fourth-order valence-corrected chi connectivity index (χ4v) is 2.77. The Morgan fingerprint density at radius 2 is 1.68 bits per heavy atom. The van der Waals surface area contributed by atoms with E-state index < -0.39 is 0 Å². The first-order valence-electron chi connectivity index (χ1n) is 9.79. The number of ether oxygens (including phenoxy) is 5. The van der Waals surface area contributed by atoms with E-state index in [0.29, 0.717) is 53.9 Å². The van der Waals surface area contributed by atoms with Gasteiger partial charge in [0.2, 0.25) is 0 Å². The molecule has 1 aromatic heterocycles. The molecule has 0 N–H and O–H groups in total. The van der Waals surface area contributed by atoms with Gasteiger partial charge in [0, 0.05) is 12.5 Å². The third kappa shape index (κ3) is 6.74. The molecule has 0 aliphatic heterocycles. The summed E-state index contributed by atoms with van der Waals surface area (Å²) in [5, 5.41) is 0. The maximum Gasteiger partial charge on any atom is 0.305 e. The first kappa shape index (κ1) is 23.7. The molecule has 0 amide bonds. The van der Waals surface area contributed by atoms with Crippen LogP contribution in [-0.2, 0) is 9.53 Å². The van der Waals surface area contributed by atoms with Crippen LogP contribution in [0.15, 0.2) is 36.5 Å². The number of methoxy groups -OCH3 is 3. The van der Waals surface area contributed by atoms with E-state index in [9.17, 15) is 9.59 Å². The van der Waals surface area contributed by atoms with Gasteiger partial charge >= 0.3 is 5.97 Å². The molecule has 0 fully saturated rings. The summed E-state index contributed by atoms with van der Waals surface area (Å²) in [5.74, 6) is 1.20. The highest BCUT2D eigenvalue weighted by Gasteiger charge is 2.16. The van der Waals surface area contributed by atoms with Gasteiger partial charge in [-0.15, -0.1) is 0 Å². The van der Waals surface area contributed by atoms with E-state index in [-0.39, 0.29) is 18.2 Å². The molecular formula is C23H27NO7. The number of allylic oxidation sites excluding steroid dienone is 1. The molecule has 0 saturated heterocycles. The monoisotopic (exact) mass is 429 g/mol. The molecule has 0 aliphatic rings. The zero-order chi connectivity index (χ0) is 22.6. The number of hydrogen-bond donors (Lipinski definition) is 0. The van der Waals surface area contributed by atoms with E-state index in [2.05, 4.69) is 4.98 Å². The minimum absolute atomic E-state index is 0.262. The van der Waals surface area contributed by atoms with Crippen molar-refractivity contribution in [3.8, 4) is 23.0 Å². The summed E-state index contributed by atoms with van der Waals surface area (Å²) in [6.07, 6.45) is 5.23. The van der Waals surface area contributed by atoms with Crippen LogP contribution in [0.5, 0.6) is 23.0 Å². The predicted molar refractivity (Wildman–Crippen MR) is 115 cm³/mol.